The standard InChI is InChI=1S/C9H12ClNO/c1-11(2)9-4-7(6-12)3-8(10)5-9/h3-5,12H,6H2,1-2H3. The van der Waals surface area contributed by atoms with Crippen LogP contribution in [0.2, 0.25) is 5.02 Å². The van der Waals surface area contributed by atoms with Gasteiger partial charge in [0, 0.05) is 24.8 Å². The Morgan fingerprint density at radius 3 is 2.50 bits per heavy atom. The molecule has 0 bridgehead atoms. The number of nitrogens with zero attached hydrogens (tertiary/aromatic N) is 1. The highest BCUT2D eigenvalue weighted by molar-refractivity contribution is 6.30. The lowest BCUT2D eigenvalue weighted by Gasteiger charge is -2.13. The van der Waals surface area contributed by atoms with Gasteiger partial charge in [-0.3, -0.25) is 0 Å². The van der Waals surface area contributed by atoms with E-state index in [2.05, 4.69) is 0 Å². The van der Waals surface area contributed by atoms with Crippen LogP contribution in [0.5, 0.6) is 0 Å². The second-order valence-corrected chi connectivity index (χ2v) is 3.31. The van der Waals surface area contributed by atoms with Crippen LogP contribution < -0.4 is 4.90 Å². The molecule has 0 saturated heterocycles. The summed E-state index contributed by atoms with van der Waals surface area (Å²) in [6, 6.07) is 5.53. The van der Waals surface area contributed by atoms with Gasteiger partial charge in [0.25, 0.3) is 0 Å². The maximum absolute atomic E-state index is 8.89. The van der Waals surface area contributed by atoms with Crippen LogP contribution in [0.4, 0.5) is 5.69 Å². The molecule has 0 spiro atoms. The van der Waals surface area contributed by atoms with Crippen molar-refractivity contribution >= 4 is 17.3 Å². The Bertz CT molecular complexity index is 273. The number of anilines is 1. The molecule has 0 aromatic heterocycles. The number of hydrogen-bond acceptors (Lipinski definition) is 2. The maximum Gasteiger partial charge on any atom is 0.0683 e. The Kier molecular flexibility index (Phi) is 2.95. The van der Waals surface area contributed by atoms with Crippen LogP contribution in [0.3, 0.4) is 0 Å². The molecule has 0 aliphatic heterocycles. The van der Waals surface area contributed by atoms with Crippen LogP contribution in [0.1, 0.15) is 5.56 Å². The average molecular weight is 186 g/mol. The molecule has 0 heterocycles. The zero-order chi connectivity index (χ0) is 9.14. The number of aliphatic hydroxyl groups excluding tert-OH is 1. The van der Waals surface area contributed by atoms with Crippen LogP contribution in [-0.4, -0.2) is 19.2 Å². The Hall–Kier alpha value is -0.730. The molecule has 0 aliphatic rings. The first-order valence-corrected chi connectivity index (χ1v) is 4.09. The highest BCUT2D eigenvalue weighted by Crippen LogP contribution is 2.20. The molecule has 0 unspecified atom stereocenters. The third-order valence-corrected chi connectivity index (χ3v) is 1.86. The van der Waals surface area contributed by atoms with Gasteiger partial charge in [0.05, 0.1) is 6.61 Å². The third-order valence-electron chi connectivity index (χ3n) is 1.64. The molecule has 1 aromatic carbocycles. The maximum atomic E-state index is 8.89. The molecule has 1 rings (SSSR count). The molecule has 0 radical (unpaired) electrons. The molecular formula is C9H12ClNO. The van der Waals surface area contributed by atoms with Gasteiger partial charge < -0.3 is 10.0 Å². The van der Waals surface area contributed by atoms with Gasteiger partial charge in [-0.05, 0) is 23.8 Å². The van der Waals surface area contributed by atoms with E-state index >= 15 is 0 Å². The molecule has 1 aromatic rings. The molecule has 0 atom stereocenters. The number of hydrogen-bond donors (Lipinski definition) is 1. The fourth-order valence-corrected chi connectivity index (χ4v) is 1.23. The Balaban J connectivity index is 3.06. The monoisotopic (exact) mass is 185 g/mol. The fourth-order valence-electron chi connectivity index (χ4n) is 0.983. The molecule has 66 valence electrons. The number of benzene rings is 1. The van der Waals surface area contributed by atoms with Crippen molar-refractivity contribution < 1.29 is 5.11 Å². The summed E-state index contributed by atoms with van der Waals surface area (Å²) in [5.74, 6) is 0. The van der Waals surface area contributed by atoms with E-state index < -0.39 is 0 Å². The second kappa shape index (κ2) is 3.78. The number of halogens is 1. The summed E-state index contributed by atoms with van der Waals surface area (Å²) in [4.78, 5) is 1.95. The molecule has 0 fully saturated rings. The van der Waals surface area contributed by atoms with Gasteiger partial charge in [-0.15, -0.1) is 0 Å². The van der Waals surface area contributed by atoms with E-state index in [4.69, 9.17) is 16.7 Å². The van der Waals surface area contributed by atoms with Crippen molar-refractivity contribution in [3.8, 4) is 0 Å². The first-order chi connectivity index (χ1) is 5.63. The largest absolute Gasteiger partial charge is 0.392 e. The quantitative estimate of drug-likeness (QED) is 0.761. The highest BCUT2D eigenvalue weighted by atomic mass is 35.5. The lowest BCUT2D eigenvalue weighted by Crippen LogP contribution is -2.08. The minimum atomic E-state index is 0.0292. The predicted octanol–water partition coefficient (Wildman–Crippen LogP) is 1.90. The smallest absolute Gasteiger partial charge is 0.0683 e. The van der Waals surface area contributed by atoms with Crippen molar-refractivity contribution in [3.63, 3.8) is 0 Å². The first kappa shape index (κ1) is 9.36. The van der Waals surface area contributed by atoms with Gasteiger partial charge in [-0.1, -0.05) is 11.6 Å². The molecule has 12 heavy (non-hydrogen) atoms. The van der Waals surface area contributed by atoms with Gasteiger partial charge in [0.15, 0.2) is 0 Å². The van der Waals surface area contributed by atoms with E-state index in [0.29, 0.717) is 5.02 Å². The summed E-state index contributed by atoms with van der Waals surface area (Å²) in [6.07, 6.45) is 0. The minimum Gasteiger partial charge on any atom is -0.392 e. The topological polar surface area (TPSA) is 23.5 Å². The van der Waals surface area contributed by atoms with Crippen molar-refractivity contribution in [2.24, 2.45) is 0 Å². The number of rotatable bonds is 2. The Morgan fingerprint density at radius 2 is 2.00 bits per heavy atom. The molecule has 0 saturated carbocycles. The van der Waals surface area contributed by atoms with E-state index in [1.165, 1.54) is 0 Å². The van der Waals surface area contributed by atoms with E-state index in [1.54, 1.807) is 6.07 Å². The van der Waals surface area contributed by atoms with Gasteiger partial charge in [0.1, 0.15) is 0 Å². The summed E-state index contributed by atoms with van der Waals surface area (Å²) >= 11 is 5.84. The van der Waals surface area contributed by atoms with Gasteiger partial charge >= 0.3 is 0 Å². The molecule has 1 N–H and O–H groups in total. The zero-order valence-corrected chi connectivity index (χ0v) is 7.97. The van der Waals surface area contributed by atoms with Gasteiger partial charge in [0.2, 0.25) is 0 Å². The van der Waals surface area contributed by atoms with Crippen molar-refractivity contribution in [3.05, 3.63) is 28.8 Å². The molecule has 0 amide bonds. The van der Waals surface area contributed by atoms with E-state index in [9.17, 15) is 0 Å². The lowest BCUT2D eigenvalue weighted by molar-refractivity contribution is 0.282. The zero-order valence-electron chi connectivity index (χ0n) is 7.21. The predicted molar refractivity (Wildman–Crippen MR) is 51.7 cm³/mol. The van der Waals surface area contributed by atoms with Crippen molar-refractivity contribution in [1.82, 2.24) is 0 Å². The van der Waals surface area contributed by atoms with Crippen molar-refractivity contribution in [2.75, 3.05) is 19.0 Å². The molecule has 0 aliphatic carbocycles. The normalized spacial score (nSPS) is 10.0. The van der Waals surface area contributed by atoms with Crippen LogP contribution in [0, 0.1) is 0 Å². The summed E-state index contributed by atoms with van der Waals surface area (Å²) in [7, 11) is 3.87. The highest BCUT2D eigenvalue weighted by Gasteiger charge is 1.99. The van der Waals surface area contributed by atoms with Gasteiger partial charge in [-0.25, -0.2) is 0 Å². The summed E-state index contributed by atoms with van der Waals surface area (Å²) in [5.41, 5.74) is 1.85. The van der Waals surface area contributed by atoms with Crippen LogP contribution >= 0.6 is 11.6 Å². The van der Waals surface area contributed by atoms with E-state index in [-0.39, 0.29) is 6.61 Å². The first-order valence-electron chi connectivity index (χ1n) is 3.71. The SMILES string of the molecule is CN(C)c1cc(Cl)cc(CO)c1. The third kappa shape index (κ3) is 2.13. The minimum absolute atomic E-state index is 0.0292. The number of aliphatic hydroxyl groups is 1. The molecule has 3 heteroatoms. The Morgan fingerprint density at radius 1 is 1.33 bits per heavy atom. The Labute approximate surface area is 77.4 Å². The van der Waals surface area contributed by atoms with Crippen LogP contribution in [0.25, 0.3) is 0 Å². The molecular weight excluding hydrogens is 174 g/mol. The van der Waals surface area contributed by atoms with Crippen molar-refractivity contribution in [1.29, 1.82) is 0 Å². The fraction of sp³-hybridized carbons (Fsp3) is 0.333. The average Bonchev–Trinajstić information content (AvgIpc) is 2.03. The second-order valence-electron chi connectivity index (χ2n) is 2.87. The lowest BCUT2D eigenvalue weighted by atomic mass is 10.2. The summed E-state index contributed by atoms with van der Waals surface area (Å²) in [6.45, 7) is 0.0292. The summed E-state index contributed by atoms with van der Waals surface area (Å²) < 4.78 is 0. The van der Waals surface area contributed by atoms with Crippen LogP contribution in [0.15, 0.2) is 18.2 Å². The van der Waals surface area contributed by atoms with E-state index in [1.807, 2.05) is 31.1 Å². The van der Waals surface area contributed by atoms with E-state index in [0.717, 1.165) is 11.3 Å². The van der Waals surface area contributed by atoms with Gasteiger partial charge in [-0.2, -0.15) is 0 Å². The van der Waals surface area contributed by atoms with Crippen molar-refractivity contribution in [2.45, 2.75) is 6.61 Å². The molecule has 2 nitrogen and oxygen atoms in total. The van der Waals surface area contributed by atoms with Crippen LogP contribution in [-0.2, 0) is 6.61 Å². The summed E-state index contributed by atoms with van der Waals surface area (Å²) in [5, 5.41) is 9.55.